The maximum atomic E-state index is 14.1. The molecule has 0 aliphatic rings. The molecule has 0 radical (unpaired) electrons. The van der Waals surface area contributed by atoms with Crippen LogP contribution < -0.4 is 10.6 Å². The number of rotatable bonds is 4. The van der Waals surface area contributed by atoms with Crippen molar-refractivity contribution in [1.82, 2.24) is 5.16 Å². The van der Waals surface area contributed by atoms with Crippen molar-refractivity contribution < 1.29 is 18.5 Å². The third-order valence-corrected chi connectivity index (χ3v) is 4.31. The first-order valence-corrected chi connectivity index (χ1v) is 8.84. The molecular formula is C22H16FN3O3. The number of amides is 2. The van der Waals surface area contributed by atoms with Crippen LogP contribution in [0.25, 0.3) is 22.2 Å². The Labute approximate surface area is 165 Å². The Morgan fingerprint density at radius 3 is 2.52 bits per heavy atom. The third-order valence-electron chi connectivity index (χ3n) is 4.31. The number of anilines is 2. The molecule has 0 bridgehead atoms. The number of hydrogen-bond acceptors (Lipinski definition) is 4. The van der Waals surface area contributed by atoms with Crippen LogP contribution in [0.1, 0.15) is 17.3 Å². The van der Waals surface area contributed by atoms with Gasteiger partial charge in [0, 0.05) is 23.7 Å². The molecule has 0 aliphatic heterocycles. The normalized spacial score (nSPS) is 10.7. The molecule has 144 valence electrons. The zero-order chi connectivity index (χ0) is 20.4. The second-order valence-corrected chi connectivity index (χ2v) is 6.44. The van der Waals surface area contributed by atoms with Crippen molar-refractivity contribution in [2.75, 3.05) is 10.6 Å². The number of fused-ring (bicyclic) bond motifs is 1. The number of nitrogens with one attached hydrogen (secondary N) is 2. The van der Waals surface area contributed by atoms with Crippen molar-refractivity contribution in [2.45, 2.75) is 6.92 Å². The van der Waals surface area contributed by atoms with Gasteiger partial charge >= 0.3 is 0 Å². The van der Waals surface area contributed by atoms with Crippen molar-refractivity contribution in [1.29, 1.82) is 0 Å². The summed E-state index contributed by atoms with van der Waals surface area (Å²) < 4.78 is 19.6. The minimum atomic E-state index is -0.608. The van der Waals surface area contributed by atoms with Crippen LogP contribution in [-0.2, 0) is 4.79 Å². The van der Waals surface area contributed by atoms with Gasteiger partial charge in [-0.2, -0.15) is 0 Å². The zero-order valence-corrected chi connectivity index (χ0v) is 15.4. The lowest BCUT2D eigenvalue weighted by molar-refractivity contribution is -0.114. The first-order valence-electron chi connectivity index (χ1n) is 8.84. The minimum Gasteiger partial charge on any atom is -0.355 e. The quantitative estimate of drug-likeness (QED) is 0.523. The fourth-order valence-corrected chi connectivity index (χ4v) is 2.98. The highest BCUT2D eigenvalue weighted by Gasteiger charge is 2.15. The van der Waals surface area contributed by atoms with Crippen molar-refractivity contribution in [3.05, 3.63) is 78.1 Å². The molecule has 7 heteroatoms. The summed E-state index contributed by atoms with van der Waals surface area (Å²) in [6.45, 7) is 1.35. The van der Waals surface area contributed by atoms with Crippen LogP contribution in [0.4, 0.5) is 15.8 Å². The van der Waals surface area contributed by atoms with Gasteiger partial charge in [0.15, 0.2) is 5.76 Å². The molecule has 6 nitrogen and oxygen atoms in total. The van der Waals surface area contributed by atoms with Gasteiger partial charge in [-0.1, -0.05) is 35.5 Å². The Balaban J connectivity index is 1.65. The van der Waals surface area contributed by atoms with Gasteiger partial charge < -0.3 is 15.2 Å². The lowest BCUT2D eigenvalue weighted by Gasteiger charge is -2.09. The first-order chi connectivity index (χ1) is 14.0. The number of carbonyl (C=O) groups excluding carboxylic acids is 2. The van der Waals surface area contributed by atoms with Gasteiger partial charge in [-0.05, 0) is 36.4 Å². The number of benzene rings is 3. The van der Waals surface area contributed by atoms with E-state index in [0.717, 1.165) is 5.56 Å². The Bertz CT molecular complexity index is 1220. The van der Waals surface area contributed by atoms with E-state index in [1.165, 1.54) is 25.1 Å². The summed E-state index contributed by atoms with van der Waals surface area (Å²) >= 11 is 0. The molecule has 0 aliphatic carbocycles. The molecular weight excluding hydrogens is 373 g/mol. The smallest absolute Gasteiger partial charge is 0.255 e. The van der Waals surface area contributed by atoms with Gasteiger partial charge in [0.2, 0.25) is 5.91 Å². The van der Waals surface area contributed by atoms with Gasteiger partial charge in [0.25, 0.3) is 5.91 Å². The van der Waals surface area contributed by atoms with Crippen LogP contribution >= 0.6 is 0 Å². The Morgan fingerprint density at radius 1 is 0.966 bits per heavy atom. The summed E-state index contributed by atoms with van der Waals surface area (Å²) in [4.78, 5) is 23.9. The van der Waals surface area contributed by atoms with Crippen molar-refractivity contribution in [3.63, 3.8) is 0 Å². The lowest BCUT2D eigenvalue weighted by atomic mass is 10.1. The van der Waals surface area contributed by atoms with E-state index in [-0.39, 0.29) is 11.6 Å². The molecule has 0 spiro atoms. The molecule has 3 aromatic carbocycles. The monoisotopic (exact) mass is 389 g/mol. The van der Waals surface area contributed by atoms with E-state index < -0.39 is 11.7 Å². The fraction of sp³-hybridized carbons (Fsp3) is 0.0455. The van der Waals surface area contributed by atoms with E-state index in [9.17, 15) is 14.0 Å². The summed E-state index contributed by atoms with van der Waals surface area (Å²) in [7, 11) is 0. The molecule has 4 aromatic rings. The minimum absolute atomic E-state index is 0.0325. The summed E-state index contributed by atoms with van der Waals surface area (Å²) in [5, 5.41) is 9.80. The topological polar surface area (TPSA) is 84.2 Å². The van der Waals surface area contributed by atoms with Gasteiger partial charge in [-0.3, -0.25) is 9.59 Å². The van der Waals surface area contributed by atoms with Crippen LogP contribution in [0.5, 0.6) is 0 Å². The number of hydrogen-bond donors (Lipinski definition) is 2. The molecule has 29 heavy (non-hydrogen) atoms. The predicted molar refractivity (Wildman–Crippen MR) is 108 cm³/mol. The number of nitrogens with zero attached hydrogens (tertiary/aromatic N) is 1. The molecule has 0 fully saturated rings. The van der Waals surface area contributed by atoms with Gasteiger partial charge in [-0.25, -0.2) is 4.39 Å². The molecule has 0 saturated carbocycles. The highest BCUT2D eigenvalue weighted by atomic mass is 19.1. The van der Waals surface area contributed by atoms with Gasteiger partial charge in [-0.15, -0.1) is 0 Å². The van der Waals surface area contributed by atoms with E-state index in [1.54, 1.807) is 18.2 Å². The van der Waals surface area contributed by atoms with Crippen LogP contribution in [0.3, 0.4) is 0 Å². The average molecular weight is 389 g/mol. The predicted octanol–water partition coefficient (Wildman–Crippen LogP) is 4.84. The van der Waals surface area contributed by atoms with Crippen LogP contribution in [0, 0.1) is 5.82 Å². The zero-order valence-electron chi connectivity index (χ0n) is 15.4. The van der Waals surface area contributed by atoms with Crippen LogP contribution in [-0.4, -0.2) is 17.0 Å². The van der Waals surface area contributed by atoms with E-state index in [4.69, 9.17) is 4.52 Å². The Kier molecular flexibility index (Phi) is 4.78. The van der Waals surface area contributed by atoms with Crippen molar-refractivity contribution >= 4 is 34.1 Å². The third kappa shape index (κ3) is 3.84. The van der Waals surface area contributed by atoms with Crippen LogP contribution in [0.2, 0.25) is 0 Å². The first kappa shape index (κ1) is 18.4. The molecule has 0 atom stereocenters. The summed E-state index contributed by atoms with van der Waals surface area (Å²) in [5.41, 5.74) is 2.12. The Hall–Kier alpha value is -4.00. The highest BCUT2D eigenvalue weighted by molar-refractivity contribution is 6.07. The van der Waals surface area contributed by atoms with Crippen LogP contribution in [0.15, 0.2) is 71.3 Å². The largest absolute Gasteiger partial charge is 0.355 e. The average Bonchev–Trinajstić information content (AvgIpc) is 3.14. The summed E-state index contributed by atoms with van der Waals surface area (Å²) in [5.74, 6) is -0.844. The van der Waals surface area contributed by atoms with E-state index in [0.29, 0.717) is 27.9 Å². The molecule has 2 N–H and O–H groups in total. The maximum absolute atomic E-state index is 14.1. The van der Waals surface area contributed by atoms with Gasteiger partial charge in [0.05, 0.1) is 11.1 Å². The second kappa shape index (κ2) is 7.55. The highest BCUT2D eigenvalue weighted by Crippen LogP contribution is 2.29. The molecule has 4 rings (SSSR count). The molecule has 1 heterocycles. The molecule has 2 amide bonds. The van der Waals surface area contributed by atoms with E-state index in [1.807, 2.05) is 30.3 Å². The standard InChI is InChI=1S/C22H16FN3O3/c1-13(27)24-16-8-9-18(23)20(12-16)25-22(28)15-7-10-19-17(11-15)21(29-26-19)14-5-3-2-4-6-14/h2-12H,1H3,(H,24,27)(H,25,28). The molecule has 1 aromatic heterocycles. The van der Waals surface area contributed by atoms with E-state index in [2.05, 4.69) is 15.8 Å². The van der Waals surface area contributed by atoms with Crippen molar-refractivity contribution in [3.8, 4) is 11.3 Å². The molecule has 0 unspecified atom stereocenters. The number of carbonyl (C=O) groups is 2. The van der Waals surface area contributed by atoms with E-state index >= 15 is 0 Å². The summed E-state index contributed by atoms with van der Waals surface area (Å²) in [6.07, 6.45) is 0. The fourth-order valence-electron chi connectivity index (χ4n) is 2.98. The number of aromatic nitrogens is 1. The summed E-state index contributed by atoms with van der Waals surface area (Å²) in [6, 6.07) is 18.3. The molecule has 0 saturated heterocycles. The SMILES string of the molecule is CC(=O)Nc1ccc(F)c(NC(=O)c2ccc3noc(-c4ccccc4)c3c2)c1. The van der Waals surface area contributed by atoms with Gasteiger partial charge in [0.1, 0.15) is 11.3 Å². The second-order valence-electron chi connectivity index (χ2n) is 6.44. The Morgan fingerprint density at radius 2 is 1.76 bits per heavy atom. The van der Waals surface area contributed by atoms with Crippen molar-refractivity contribution in [2.24, 2.45) is 0 Å². The lowest BCUT2D eigenvalue weighted by Crippen LogP contribution is -2.14. The maximum Gasteiger partial charge on any atom is 0.255 e. The number of halogens is 1.